The number of aromatic amines is 1. The Labute approximate surface area is 157 Å². The van der Waals surface area contributed by atoms with Crippen LogP contribution < -0.4 is 4.74 Å². The molecule has 0 fully saturated rings. The Morgan fingerprint density at radius 2 is 2.22 bits per heavy atom. The number of aromatic nitrogens is 2. The molecule has 0 atom stereocenters. The molecule has 1 N–H and O–H groups in total. The second kappa shape index (κ2) is 6.95. The van der Waals surface area contributed by atoms with Gasteiger partial charge in [0.15, 0.2) is 0 Å². The minimum absolute atomic E-state index is 0.111. The Morgan fingerprint density at radius 3 is 2.89 bits per heavy atom. The van der Waals surface area contributed by atoms with Gasteiger partial charge in [-0.3, -0.25) is 4.79 Å². The van der Waals surface area contributed by atoms with Crippen molar-refractivity contribution in [3.05, 3.63) is 53.1 Å². The summed E-state index contributed by atoms with van der Waals surface area (Å²) in [5.41, 5.74) is 5.22. The third kappa shape index (κ3) is 3.23. The van der Waals surface area contributed by atoms with Gasteiger partial charge in [-0.05, 0) is 44.0 Å². The summed E-state index contributed by atoms with van der Waals surface area (Å²) in [6.07, 6.45) is 5.36. The van der Waals surface area contributed by atoms with Crippen LogP contribution in [0.3, 0.4) is 0 Å². The minimum Gasteiger partial charge on any atom is -0.497 e. The molecule has 140 valence electrons. The van der Waals surface area contributed by atoms with Crippen LogP contribution in [0.15, 0.2) is 35.0 Å². The van der Waals surface area contributed by atoms with Crippen LogP contribution in [0, 0.1) is 13.8 Å². The van der Waals surface area contributed by atoms with Crippen LogP contribution in [0.4, 0.5) is 0 Å². The number of rotatable bonds is 4. The molecule has 1 aromatic carbocycles. The first-order valence-corrected chi connectivity index (χ1v) is 9.11. The Bertz CT molecular complexity index is 1010. The van der Waals surface area contributed by atoms with E-state index in [4.69, 9.17) is 9.26 Å². The van der Waals surface area contributed by atoms with Crippen molar-refractivity contribution in [2.75, 3.05) is 20.2 Å². The van der Waals surface area contributed by atoms with E-state index in [9.17, 15) is 4.79 Å². The van der Waals surface area contributed by atoms with Crippen molar-refractivity contribution >= 4 is 22.4 Å². The van der Waals surface area contributed by atoms with Gasteiger partial charge in [0, 0.05) is 41.3 Å². The van der Waals surface area contributed by atoms with E-state index in [0.717, 1.165) is 40.1 Å². The van der Waals surface area contributed by atoms with Crippen LogP contribution in [-0.2, 0) is 11.2 Å². The number of nitrogens with zero attached hydrogens (tertiary/aromatic N) is 2. The molecule has 0 aliphatic carbocycles. The summed E-state index contributed by atoms with van der Waals surface area (Å²) in [6, 6.07) is 6.03. The topological polar surface area (TPSA) is 71.4 Å². The molecule has 4 rings (SSSR count). The van der Waals surface area contributed by atoms with Crippen LogP contribution in [0.2, 0.25) is 0 Å². The fraction of sp³-hybridized carbons (Fsp3) is 0.333. The maximum Gasteiger partial charge on any atom is 0.227 e. The highest BCUT2D eigenvalue weighted by molar-refractivity contribution is 5.94. The zero-order valence-corrected chi connectivity index (χ0v) is 15.8. The van der Waals surface area contributed by atoms with Gasteiger partial charge in [0.1, 0.15) is 11.5 Å². The molecular formula is C21H23N3O3. The zero-order valence-electron chi connectivity index (χ0n) is 15.8. The molecule has 0 spiro atoms. The van der Waals surface area contributed by atoms with E-state index in [2.05, 4.69) is 22.3 Å². The lowest BCUT2D eigenvalue weighted by Crippen LogP contribution is -2.35. The fourth-order valence-electron chi connectivity index (χ4n) is 3.65. The fourth-order valence-corrected chi connectivity index (χ4v) is 3.65. The van der Waals surface area contributed by atoms with E-state index < -0.39 is 0 Å². The zero-order chi connectivity index (χ0) is 19.0. The first kappa shape index (κ1) is 17.4. The standard InChI is InChI=1S/C21H23N3O3/c1-13-17(14(2)27-23-13)11-21(25)24-8-6-15(7-9-24)19-12-22-20-5-4-16(26-3)10-18(19)20/h4-6,10,12,22H,7-9,11H2,1-3H3. The van der Waals surface area contributed by atoms with E-state index >= 15 is 0 Å². The lowest BCUT2D eigenvalue weighted by molar-refractivity contribution is -0.130. The van der Waals surface area contributed by atoms with Gasteiger partial charge in [-0.15, -0.1) is 0 Å². The average Bonchev–Trinajstić information content (AvgIpc) is 3.25. The number of amides is 1. The Kier molecular flexibility index (Phi) is 4.48. The molecule has 0 bridgehead atoms. The van der Waals surface area contributed by atoms with Crippen molar-refractivity contribution in [2.24, 2.45) is 0 Å². The van der Waals surface area contributed by atoms with Crippen LogP contribution in [0.5, 0.6) is 5.75 Å². The van der Waals surface area contributed by atoms with Crippen molar-refractivity contribution in [1.82, 2.24) is 15.0 Å². The van der Waals surface area contributed by atoms with Crippen LogP contribution in [0.1, 0.15) is 29.0 Å². The summed E-state index contributed by atoms with van der Waals surface area (Å²) in [6.45, 7) is 5.06. The van der Waals surface area contributed by atoms with Gasteiger partial charge in [-0.1, -0.05) is 11.2 Å². The summed E-state index contributed by atoms with van der Waals surface area (Å²) in [5.74, 6) is 1.68. The van der Waals surface area contributed by atoms with E-state index in [1.165, 1.54) is 11.1 Å². The molecule has 1 amide bonds. The molecule has 3 aromatic rings. The summed E-state index contributed by atoms with van der Waals surface area (Å²) < 4.78 is 10.5. The summed E-state index contributed by atoms with van der Waals surface area (Å²) >= 11 is 0. The van der Waals surface area contributed by atoms with Crippen molar-refractivity contribution in [2.45, 2.75) is 26.7 Å². The minimum atomic E-state index is 0.111. The molecule has 1 aliphatic rings. The van der Waals surface area contributed by atoms with Crippen LogP contribution in [-0.4, -0.2) is 41.1 Å². The number of hydrogen-bond acceptors (Lipinski definition) is 4. The quantitative estimate of drug-likeness (QED) is 0.766. The van der Waals surface area contributed by atoms with Gasteiger partial charge in [0.2, 0.25) is 5.91 Å². The maximum absolute atomic E-state index is 12.7. The second-order valence-electron chi connectivity index (χ2n) is 6.91. The van der Waals surface area contributed by atoms with Crippen molar-refractivity contribution in [1.29, 1.82) is 0 Å². The summed E-state index contributed by atoms with van der Waals surface area (Å²) in [5, 5.41) is 5.08. The van der Waals surface area contributed by atoms with Crippen LogP contribution in [0.25, 0.3) is 16.5 Å². The lowest BCUT2D eigenvalue weighted by Gasteiger charge is -2.26. The Hall–Kier alpha value is -3.02. The molecule has 1 aliphatic heterocycles. The molecule has 0 saturated carbocycles. The molecular weight excluding hydrogens is 342 g/mol. The number of benzene rings is 1. The first-order chi connectivity index (χ1) is 13.1. The number of fused-ring (bicyclic) bond motifs is 1. The number of ether oxygens (including phenoxy) is 1. The number of carbonyl (C=O) groups is 1. The third-order valence-electron chi connectivity index (χ3n) is 5.31. The monoisotopic (exact) mass is 365 g/mol. The van der Waals surface area contributed by atoms with Gasteiger partial charge >= 0.3 is 0 Å². The molecule has 2 aromatic heterocycles. The highest BCUT2D eigenvalue weighted by Gasteiger charge is 2.22. The lowest BCUT2D eigenvalue weighted by atomic mass is 9.98. The number of aryl methyl sites for hydroxylation is 2. The molecule has 27 heavy (non-hydrogen) atoms. The van der Waals surface area contributed by atoms with Gasteiger partial charge in [-0.2, -0.15) is 0 Å². The Balaban J connectivity index is 1.51. The number of carbonyl (C=O) groups excluding carboxylic acids is 1. The van der Waals surface area contributed by atoms with Gasteiger partial charge in [0.05, 0.1) is 19.2 Å². The van der Waals surface area contributed by atoms with E-state index in [-0.39, 0.29) is 5.91 Å². The predicted octanol–water partition coefficient (Wildman–Crippen LogP) is 3.64. The van der Waals surface area contributed by atoms with E-state index in [1.807, 2.05) is 37.1 Å². The average molecular weight is 365 g/mol. The summed E-state index contributed by atoms with van der Waals surface area (Å²) in [4.78, 5) is 17.9. The van der Waals surface area contributed by atoms with Crippen molar-refractivity contribution < 1.29 is 14.1 Å². The van der Waals surface area contributed by atoms with E-state index in [0.29, 0.717) is 19.5 Å². The van der Waals surface area contributed by atoms with Crippen molar-refractivity contribution in [3.8, 4) is 5.75 Å². The van der Waals surface area contributed by atoms with Crippen molar-refractivity contribution in [3.63, 3.8) is 0 Å². The maximum atomic E-state index is 12.7. The molecule has 0 saturated heterocycles. The smallest absolute Gasteiger partial charge is 0.227 e. The number of hydrogen-bond donors (Lipinski definition) is 1. The molecule has 6 nitrogen and oxygen atoms in total. The highest BCUT2D eigenvalue weighted by atomic mass is 16.5. The van der Waals surface area contributed by atoms with E-state index in [1.54, 1.807) is 7.11 Å². The third-order valence-corrected chi connectivity index (χ3v) is 5.31. The van der Waals surface area contributed by atoms with Gasteiger partial charge in [-0.25, -0.2) is 0 Å². The molecule has 0 unspecified atom stereocenters. The first-order valence-electron chi connectivity index (χ1n) is 9.11. The SMILES string of the molecule is COc1ccc2[nH]cc(C3=CCN(C(=O)Cc4c(C)noc4C)CC3)c2c1. The molecule has 3 heterocycles. The summed E-state index contributed by atoms with van der Waals surface area (Å²) in [7, 11) is 1.68. The van der Waals surface area contributed by atoms with Crippen LogP contribution >= 0.6 is 0 Å². The highest BCUT2D eigenvalue weighted by Crippen LogP contribution is 2.31. The van der Waals surface area contributed by atoms with Gasteiger partial charge in [0.25, 0.3) is 0 Å². The number of H-pyrrole nitrogens is 1. The number of methoxy groups -OCH3 is 1. The second-order valence-corrected chi connectivity index (χ2v) is 6.91. The predicted molar refractivity (Wildman–Crippen MR) is 104 cm³/mol. The van der Waals surface area contributed by atoms with Gasteiger partial charge < -0.3 is 19.1 Å². The normalized spacial score (nSPS) is 14.5. The number of nitrogens with one attached hydrogen (secondary N) is 1. The Morgan fingerprint density at radius 1 is 1.37 bits per heavy atom. The molecule has 0 radical (unpaired) electrons. The molecule has 6 heteroatoms. The largest absolute Gasteiger partial charge is 0.497 e.